The van der Waals surface area contributed by atoms with E-state index in [9.17, 15) is 9.59 Å². The molecule has 8 heteroatoms. The number of hydrogen-bond acceptors (Lipinski definition) is 7. The summed E-state index contributed by atoms with van der Waals surface area (Å²) in [5.41, 5.74) is 1.50. The Bertz CT molecular complexity index is 700. The zero-order valence-electron chi connectivity index (χ0n) is 13.7. The fraction of sp³-hybridized carbons (Fsp3) is 0.375. The van der Waals surface area contributed by atoms with Gasteiger partial charge in [-0.25, -0.2) is 4.79 Å². The second-order valence-corrected chi connectivity index (χ2v) is 5.77. The van der Waals surface area contributed by atoms with Crippen molar-refractivity contribution in [2.75, 3.05) is 7.11 Å². The third kappa shape index (κ3) is 4.51. The van der Waals surface area contributed by atoms with Gasteiger partial charge in [0.15, 0.2) is 11.0 Å². The lowest BCUT2D eigenvalue weighted by atomic mass is 10.2. The number of amides is 1. The summed E-state index contributed by atoms with van der Waals surface area (Å²) in [4.78, 5) is 24.5. The van der Waals surface area contributed by atoms with Crippen molar-refractivity contribution in [1.82, 2.24) is 14.9 Å². The molecule has 0 fully saturated rings. The zero-order valence-corrected chi connectivity index (χ0v) is 14.6. The van der Waals surface area contributed by atoms with Gasteiger partial charge < -0.3 is 14.8 Å². The molecule has 1 amide bonds. The first-order chi connectivity index (χ1) is 11.5. The van der Waals surface area contributed by atoms with Crippen molar-refractivity contribution >= 4 is 23.4 Å². The van der Waals surface area contributed by atoms with Gasteiger partial charge in [-0.15, -0.1) is 5.10 Å². The van der Waals surface area contributed by atoms with E-state index in [4.69, 9.17) is 9.47 Å². The molecule has 1 heterocycles. The van der Waals surface area contributed by atoms with Crippen LogP contribution >= 0.6 is 11.5 Å². The second-order valence-electron chi connectivity index (χ2n) is 5.02. The van der Waals surface area contributed by atoms with E-state index in [2.05, 4.69) is 14.9 Å². The van der Waals surface area contributed by atoms with Crippen LogP contribution in [0.25, 0.3) is 0 Å². The molecule has 0 unspecified atom stereocenters. The Balaban J connectivity index is 1.86. The van der Waals surface area contributed by atoms with Crippen LogP contribution in [0.3, 0.4) is 0 Å². The normalized spacial score (nSPS) is 11.6. The van der Waals surface area contributed by atoms with Gasteiger partial charge in [-0.3, -0.25) is 4.79 Å². The standard InChI is InChI=1S/C16H19N3O4S/c1-4-13-14(24-19-18-13)16(21)23-10(2)15(20)17-9-11-5-7-12(22-3)8-6-11/h5-8,10H,4,9H2,1-3H3,(H,17,20)/t10-/m0/s1. The SMILES string of the molecule is CCc1nnsc1C(=O)O[C@@H](C)C(=O)NCc1ccc(OC)cc1. The maximum absolute atomic E-state index is 12.1. The van der Waals surface area contributed by atoms with Gasteiger partial charge in [0, 0.05) is 6.54 Å². The summed E-state index contributed by atoms with van der Waals surface area (Å²) in [6.45, 7) is 3.74. The molecule has 0 saturated heterocycles. The van der Waals surface area contributed by atoms with Crippen molar-refractivity contribution in [2.45, 2.75) is 32.9 Å². The predicted molar refractivity (Wildman–Crippen MR) is 89.0 cm³/mol. The maximum atomic E-state index is 12.1. The van der Waals surface area contributed by atoms with Crippen molar-refractivity contribution in [1.29, 1.82) is 0 Å². The van der Waals surface area contributed by atoms with Gasteiger partial charge in [0.05, 0.1) is 12.8 Å². The van der Waals surface area contributed by atoms with Gasteiger partial charge >= 0.3 is 5.97 Å². The van der Waals surface area contributed by atoms with E-state index < -0.39 is 12.1 Å². The number of aryl methyl sites for hydroxylation is 1. The van der Waals surface area contributed by atoms with E-state index in [1.54, 1.807) is 7.11 Å². The molecule has 0 aliphatic rings. The molecule has 1 N–H and O–H groups in total. The summed E-state index contributed by atoms with van der Waals surface area (Å²) in [5.74, 6) is -0.194. The molecular weight excluding hydrogens is 330 g/mol. The molecule has 7 nitrogen and oxygen atoms in total. The average molecular weight is 349 g/mol. The molecule has 2 aromatic rings. The monoisotopic (exact) mass is 349 g/mol. The van der Waals surface area contributed by atoms with E-state index in [-0.39, 0.29) is 5.91 Å². The van der Waals surface area contributed by atoms with Crippen LogP contribution < -0.4 is 10.1 Å². The fourth-order valence-electron chi connectivity index (χ4n) is 1.94. The van der Waals surface area contributed by atoms with Crippen molar-refractivity contribution in [3.8, 4) is 5.75 Å². The molecule has 0 radical (unpaired) electrons. The van der Waals surface area contributed by atoms with Gasteiger partial charge in [0.25, 0.3) is 5.91 Å². The lowest BCUT2D eigenvalue weighted by Gasteiger charge is -2.13. The van der Waals surface area contributed by atoms with Gasteiger partial charge in [0.1, 0.15) is 5.75 Å². The second kappa shape index (κ2) is 8.39. The Hall–Kier alpha value is -2.48. The van der Waals surface area contributed by atoms with Crippen molar-refractivity contribution in [3.63, 3.8) is 0 Å². The van der Waals surface area contributed by atoms with Crippen LogP contribution in [-0.4, -0.2) is 34.7 Å². The van der Waals surface area contributed by atoms with E-state index >= 15 is 0 Å². The van der Waals surface area contributed by atoms with Crippen LogP contribution in [0.2, 0.25) is 0 Å². The fourth-order valence-corrected chi connectivity index (χ4v) is 2.57. The molecule has 2 rings (SSSR count). The average Bonchev–Trinajstić information content (AvgIpc) is 3.08. The zero-order chi connectivity index (χ0) is 17.5. The predicted octanol–water partition coefficient (Wildman–Crippen LogP) is 1.97. The van der Waals surface area contributed by atoms with E-state index in [0.29, 0.717) is 23.5 Å². The molecule has 0 saturated carbocycles. The number of benzene rings is 1. The number of carbonyl (C=O) groups is 2. The number of esters is 1. The van der Waals surface area contributed by atoms with Crippen molar-refractivity contribution in [3.05, 3.63) is 40.4 Å². The van der Waals surface area contributed by atoms with Crippen LogP contribution in [0, 0.1) is 0 Å². The molecular formula is C16H19N3O4S. The highest BCUT2D eigenvalue weighted by molar-refractivity contribution is 7.07. The van der Waals surface area contributed by atoms with Gasteiger partial charge in [-0.2, -0.15) is 0 Å². The number of methoxy groups -OCH3 is 1. The van der Waals surface area contributed by atoms with E-state index in [1.807, 2.05) is 31.2 Å². The lowest BCUT2D eigenvalue weighted by Crippen LogP contribution is -2.35. The highest BCUT2D eigenvalue weighted by atomic mass is 32.1. The first-order valence-electron chi connectivity index (χ1n) is 7.48. The number of carbonyl (C=O) groups excluding carboxylic acids is 2. The Morgan fingerprint density at radius 3 is 2.62 bits per heavy atom. The number of hydrogen-bond donors (Lipinski definition) is 1. The third-order valence-corrected chi connectivity index (χ3v) is 4.10. The smallest absolute Gasteiger partial charge is 0.352 e. The number of rotatable bonds is 7. The maximum Gasteiger partial charge on any atom is 0.352 e. The van der Waals surface area contributed by atoms with Crippen molar-refractivity contribution < 1.29 is 19.1 Å². The highest BCUT2D eigenvalue weighted by Gasteiger charge is 2.22. The number of aromatic nitrogens is 2. The minimum absolute atomic E-state index is 0.340. The first kappa shape index (κ1) is 17.9. The molecule has 0 spiro atoms. The number of nitrogens with one attached hydrogen (secondary N) is 1. The van der Waals surface area contributed by atoms with Crippen LogP contribution in [-0.2, 0) is 22.5 Å². The van der Waals surface area contributed by atoms with Crippen LogP contribution in [0.15, 0.2) is 24.3 Å². The van der Waals surface area contributed by atoms with E-state index in [1.165, 1.54) is 6.92 Å². The summed E-state index contributed by atoms with van der Waals surface area (Å²) in [6, 6.07) is 7.33. The Labute approximate surface area is 144 Å². The van der Waals surface area contributed by atoms with Gasteiger partial charge in [0.2, 0.25) is 0 Å². The molecule has 24 heavy (non-hydrogen) atoms. The first-order valence-corrected chi connectivity index (χ1v) is 8.25. The minimum Gasteiger partial charge on any atom is -0.497 e. The highest BCUT2D eigenvalue weighted by Crippen LogP contribution is 2.14. The van der Waals surface area contributed by atoms with Crippen LogP contribution in [0.1, 0.15) is 34.8 Å². The molecule has 0 bridgehead atoms. The quantitative estimate of drug-likeness (QED) is 0.769. The van der Waals surface area contributed by atoms with Gasteiger partial charge in [-0.1, -0.05) is 23.5 Å². The summed E-state index contributed by atoms with van der Waals surface area (Å²) in [6.07, 6.45) is -0.318. The third-order valence-electron chi connectivity index (χ3n) is 3.35. The molecule has 0 aliphatic carbocycles. The lowest BCUT2D eigenvalue weighted by molar-refractivity contribution is -0.129. The summed E-state index contributed by atoms with van der Waals surface area (Å²) >= 11 is 0.970. The molecule has 1 aromatic heterocycles. The van der Waals surface area contributed by atoms with Crippen molar-refractivity contribution in [2.24, 2.45) is 0 Å². The number of ether oxygens (including phenoxy) is 2. The number of nitrogens with zero attached hydrogens (tertiary/aromatic N) is 2. The summed E-state index contributed by atoms with van der Waals surface area (Å²) in [5, 5.41) is 6.59. The topological polar surface area (TPSA) is 90.4 Å². The molecule has 0 aliphatic heterocycles. The Morgan fingerprint density at radius 2 is 2.00 bits per heavy atom. The van der Waals surface area contributed by atoms with E-state index in [0.717, 1.165) is 22.8 Å². The summed E-state index contributed by atoms with van der Waals surface area (Å²) in [7, 11) is 1.59. The molecule has 1 atom stereocenters. The Kier molecular flexibility index (Phi) is 6.25. The minimum atomic E-state index is -0.900. The van der Waals surface area contributed by atoms with Crippen LogP contribution in [0.5, 0.6) is 5.75 Å². The molecule has 128 valence electrons. The largest absolute Gasteiger partial charge is 0.497 e. The Morgan fingerprint density at radius 1 is 1.29 bits per heavy atom. The van der Waals surface area contributed by atoms with Gasteiger partial charge in [-0.05, 0) is 42.6 Å². The van der Waals surface area contributed by atoms with Crippen LogP contribution in [0.4, 0.5) is 0 Å². The molecule has 1 aromatic carbocycles. The summed E-state index contributed by atoms with van der Waals surface area (Å²) < 4.78 is 14.0.